The summed E-state index contributed by atoms with van der Waals surface area (Å²) in [6.45, 7) is 0.268. The summed E-state index contributed by atoms with van der Waals surface area (Å²) >= 11 is 1.07. The number of carboxylic acid groups (broad SMARTS) is 1. The fourth-order valence-electron chi connectivity index (χ4n) is 3.06. The molecule has 3 rings (SSSR count). The van der Waals surface area contributed by atoms with E-state index in [2.05, 4.69) is 0 Å². The van der Waals surface area contributed by atoms with Gasteiger partial charge in [-0.25, -0.2) is 4.79 Å². The van der Waals surface area contributed by atoms with Gasteiger partial charge in [0.2, 0.25) is 11.0 Å². The van der Waals surface area contributed by atoms with Crippen LogP contribution in [0.3, 0.4) is 0 Å². The lowest BCUT2D eigenvalue weighted by Crippen LogP contribution is -2.38. The van der Waals surface area contributed by atoms with Crippen LogP contribution < -0.4 is 0 Å². The Labute approximate surface area is 156 Å². The van der Waals surface area contributed by atoms with Gasteiger partial charge in [-0.2, -0.15) is 0 Å². The Hall–Kier alpha value is -2.60. The third-order valence-corrected chi connectivity index (χ3v) is 5.49. The molecule has 0 saturated carbocycles. The number of aliphatic carboxylic acids is 1. The molecule has 5 nitrogen and oxygen atoms in total. The second-order valence-electron chi connectivity index (χ2n) is 6.20. The van der Waals surface area contributed by atoms with Gasteiger partial charge < -0.3 is 10.0 Å². The predicted octanol–water partition coefficient (Wildman–Crippen LogP) is 3.06. The van der Waals surface area contributed by atoms with E-state index in [9.17, 15) is 19.5 Å². The Morgan fingerprint density at radius 1 is 1.04 bits per heavy atom. The third-order valence-electron chi connectivity index (χ3n) is 4.42. The molecule has 1 aliphatic rings. The number of carbonyl (C=O) groups is 3. The molecule has 0 spiro atoms. The van der Waals surface area contributed by atoms with Gasteiger partial charge in [-0.05, 0) is 12.0 Å². The van der Waals surface area contributed by atoms with Crippen LogP contribution in [-0.4, -0.2) is 38.8 Å². The van der Waals surface area contributed by atoms with Gasteiger partial charge in [0.15, 0.2) is 0 Å². The Morgan fingerprint density at radius 3 is 2.27 bits per heavy atom. The molecule has 134 valence electrons. The Bertz CT molecular complexity index is 794. The Morgan fingerprint density at radius 2 is 1.65 bits per heavy atom. The Kier molecular flexibility index (Phi) is 5.73. The molecule has 0 radical (unpaired) electrons. The van der Waals surface area contributed by atoms with Crippen LogP contribution in [0.15, 0.2) is 60.7 Å². The quantitative estimate of drug-likeness (QED) is 0.847. The maximum absolute atomic E-state index is 12.7. The highest BCUT2D eigenvalue weighted by Gasteiger charge is 2.43. The molecule has 1 amide bonds. The smallest absolute Gasteiger partial charge is 0.326 e. The second kappa shape index (κ2) is 8.19. The summed E-state index contributed by atoms with van der Waals surface area (Å²) in [6.07, 6.45) is 0.232. The molecule has 2 aromatic rings. The zero-order valence-electron chi connectivity index (χ0n) is 14.1. The van der Waals surface area contributed by atoms with Crippen LogP contribution in [0.4, 0.5) is 0 Å². The number of hydrogen-bond donors (Lipinski definition) is 1. The second-order valence-corrected chi connectivity index (χ2v) is 7.20. The maximum atomic E-state index is 12.7. The SMILES string of the molecule is O=C(SCC1CC(C(=O)O)N(Cc2ccccc2)C1=O)c1ccccc1. The fourth-order valence-corrected chi connectivity index (χ4v) is 4.00. The van der Waals surface area contributed by atoms with Crippen LogP contribution in [0.25, 0.3) is 0 Å². The van der Waals surface area contributed by atoms with Crippen LogP contribution in [0.2, 0.25) is 0 Å². The predicted molar refractivity (Wildman–Crippen MR) is 99.8 cm³/mol. The zero-order valence-corrected chi connectivity index (χ0v) is 14.9. The summed E-state index contributed by atoms with van der Waals surface area (Å²) in [6, 6.07) is 17.4. The molecule has 1 fully saturated rings. The topological polar surface area (TPSA) is 74.7 Å². The van der Waals surface area contributed by atoms with E-state index in [1.54, 1.807) is 24.3 Å². The summed E-state index contributed by atoms with van der Waals surface area (Å²) < 4.78 is 0. The van der Waals surface area contributed by atoms with E-state index in [4.69, 9.17) is 0 Å². The number of nitrogens with zero attached hydrogens (tertiary/aromatic N) is 1. The van der Waals surface area contributed by atoms with Crippen molar-refractivity contribution in [3.8, 4) is 0 Å². The molecular weight excluding hydrogens is 350 g/mol. The van der Waals surface area contributed by atoms with E-state index in [-0.39, 0.29) is 24.0 Å². The van der Waals surface area contributed by atoms with Crippen LogP contribution in [0, 0.1) is 5.92 Å². The summed E-state index contributed by atoms with van der Waals surface area (Å²) in [5.74, 6) is -1.37. The van der Waals surface area contributed by atoms with E-state index < -0.39 is 17.9 Å². The lowest BCUT2D eigenvalue weighted by molar-refractivity contribution is -0.146. The number of thioether (sulfide) groups is 1. The molecule has 0 bridgehead atoms. The van der Waals surface area contributed by atoms with Crippen molar-refractivity contribution in [2.45, 2.75) is 19.0 Å². The molecule has 1 saturated heterocycles. The first kappa shape index (κ1) is 18.2. The number of likely N-dealkylation sites (tertiary alicyclic amines) is 1. The van der Waals surface area contributed by atoms with E-state index >= 15 is 0 Å². The average molecular weight is 369 g/mol. The normalized spacial score (nSPS) is 19.5. The number of amides is 1. The molecule has 0 aromatic heterocycles. The monoisotopic (exact) mass is 369 g/mol. The van der Waals surface area contributed by atoms with Gasteiger partial charge in [0.1, 0.15) is 6.04 Å². The lowest BCUT2D eigenvalue weighted by Gasteiger charge is -2.21. The standard InChI is InChI=1S/C20H19NO4S/c22-18-16(13-26-20(25)15-9-5-2-6-10-15)11-17(19(23)24)21(18)12-14-7-3-1-4-8-14/h1-10,16-17H,11-13H2,(H,23,24). The molecule has 26 heavy (non-hydrogen) atoms. The number of carboxylic acids is 1. The summed E-state index contributed by atoms with van der Waals surface area (Å²) in [4.78, 5) is 37.9. The van der Waals surface area contributed by atoms with E-state index in [1.165, 1.54) is 4.90 Å². The van der Waals surface area contributed by atoms with Crippen molar-refractivity contribution in [2.75, 3.05) is 5.75 Å². The van der Waals surface area contributed by atoms with Gasteiger partial charge in [0, 0.05) is 17.9 Å². The molecule has 6 heteroatoms. The minimum atomic E-state index is -1.00. The summed E-state index contributed by atoms with van der Waals surface area (Å²) in [5, 5.41) is 9.38. The van der Waals surface area contributed by atoms with E-state index in [1.807, 2.05) is 36.4 Å². The molecule has 1 aliphatic heterocycles. The Balaban J connectivity index is 1.66. The molecule has 1 N–H and O–H groups in total. The van der Waals surface area contributed by atoms with Gasteiger partial charge in [-0.1, -0.05) is 72.4 Å². The molecule has 2 atom stereocenters. The van der Waals surface area contributed by atoms with Crippen LogP contribution in [0.5, 0.6) is 0 Å². The maximum Gasteiger partial charge on any atom is 0.326 e. The van der Waals surface area contributed by atoms with Crippen LogP contribution >= 0.6 is 11.8 Å². The van der Waals surface area contributed by atoms with Crippen LogP contribution in [-0.2, 0) is 16.1 Å². The third kappa shape index (κ3) is 4.14. The van der Waals surface area contributed by atoms with E-state index in [0.717, 1.165) is 17.3 Å². The van der Waals surface area contributed by atoms with Gasteiger partial charge in [0.25, 0.3) is 0 Å². The summed E-state index contributed by atoms with van der Waals surface area (Å²) in [5.41, 5.74) is 1.47. The molecular formula is C20H19NO4S. The molecule has 0 aliphatic carbocycles. The zero-order chi connectivity index (χ0) is 18.5. The molecule has 2 unspecified atom stereocenters. The number of rotatable bonds is 6. The lowest BCUT2D eigenvalue weighted by atomic mass is 10.1. The van der Waals surface area contributed by atoms with Crippen molar-refractivity contribution < 1.29 is 19.5 Å². The molecule has 2 aromatic carbocycles. The van der Waals surface area contributed by atoms with Gasteiger partial charge in [-0.3, -0.25) is 9.59 Å². The first-order valence-electron chi connectivity index (χ1n) is 8.35. The van der Waals surface area contributed by atoms with Crippen molar-refractivity contribution in [2.24, 2.45) is 5.92 Å². The van der Waals surface area contributed by atoms with Gasteiger partial charge in [-0.15, -0.1) is 0 Å². The summed E-state index contributed by atoms with van der Waals surface area (Å²) in [7, 11) is 0. The number of hydrogen-bond acceptors (Lipinski definition) is 4. The van der Waals surface area contributed by atoms with Gasteiger partial charge >= 0.3 is 5.97 Å². The largest absolute Gasteiger partial charge is 0.480 e. The van der Waals surface area contributed by atoms with Crippen molar-refractivity contribution in [3.05, 3.63) is 71.8 Å². The van der Waals surface area contributed by atoms with Crippen molar-refractivity contribution in [1.82, 2.24) is 4.90 Å². The number of carbonyl (C=O) groups excluding carboxylic acids is 2. The van der Waals surface area contributed by atoms with E-state index in [0.29, 0.717) is 11.3 Å². The molecule has 1 heterocycles. The average Bonchev–Trinajstić information content (AvgIpc) is 2.97. The minimum Gasteiger partial charge on any atom is -0.480 e. The number of benzene rings is 2. The van der Waals surface area contributed by atoms with Crippen LogP contribution in [0.1, 0.15) is 22.3 Å². The first-order valence-corrected chi connectivity index (χ1v) is 9.34. The fraction of sp³-hybridized carbons (Fsp3) is 0.250. The highest BCUT2D eigenvalue weighted by molar-refractivity contribution is 8.14. The van der Waals surface area contributed by atoms with Gasteiger partial charge in [0.05, 0.1) is 5.92 Å². The van der Waals surface area contributed by atoms with Crippen molar-refractivity contribution in [3.63, 3.8) is 0 Å². The van der Waals surface area contributed by atoms with Crippen molar-refractivity contribution >= 4 is 28.8 Å². The highest BCUT2D eigenvalue weighted by Crippen LogP contribution is 2.30. The minimum absolute atomic E-state index is 0.105. The van der Waals surface area contributed by atoms with Crippen molar-refractivity contribution in [1.29, 1.82) is 0 Å². The highest BCUT2D eigenvalue weighted by atomic mass is 32.2. The first-order chi connectivity index (χ1) is 12.6.